The zero-order valence-electron chi connectivity index (χ0n) is 12.3. The molecule has 0 unspecified atom stereocenters. The summed E-state index contributed by atoms with van der Waals surface area (Å²) in [5.74, 6) is 0. The van der Waals surface area contributed by atoms with Crippen molar-refractivity contribution in [3.8, 4) is 0 Å². The summed E-state index contributed by atoms with van der Waals surface area (Å²) in [7, 11) is 0. The number of benzene rings is 2. The van der Waals surface area contributed by atoms with Crippen LogP contribution in [0.2, 0.25) is 0 Å². The number of aromatic amines is 1. The number of nitrogens with one attached hydrogen (secondary N) is 3. The molecule has 112 valence electrons. The third-order valence-electron chi connectivity index (χ3n) is 3.65. The highest BCUT2D eigenvalue weighted by Crippen LogP contribution is 2.17. The van der Waals surface area contributed by atoms with Gasteiger partial charge in [0.1, 0.15) is 0 Å². The molecular weight excluding hydrogens is 274 g/mol. The minimum Gasteiger partial charge on any atom is -0.361 e. The summed E-state index contributed by atoms with van der Waals surface area (Å²) in [6, 6.07) is 17.9. The fourth-order valence-corrected chi connectivity index (χ4v) is 2.49. The normalized spacial score (nSPS) is 10.5. The quantitative estimate of drug-likeness (QED) is 0.664. The van der Waals surface area contributed by atoms with E-state index >= 15 is 0 Å². The lowest BCUT2D eigenvalue weighted by Gasteiger charge is -2.07. The third kappa shape index (κ3) is 3.47. The highest BCUT2D eigenvalue weighted by atomic mass is 16.2. The standard InChI is InChI=1S/C18H19N3O/c22-18(21-12-14-6-2-1-3-7-14)19-11-10-15-13-20-17-9-5-4-8-16(15)17/h1-9,13,20H,10-12H2,(H2,19,21,22). The summed E-state index contributed by atoms with van der Waals surface area (Å²) in [4.78, 5) is 15.0. The van der Waals surface area contributed by atoms with E-state index in [1.807, 2.05) is 48.7 Å². The predicted molar refractivity (Wildman–Crippen MR) is 88.7 cm³/mol. The van der Waals surface area contributed by atoms with Gasteiger partial charge in [-0.05, 0) is 23.6 Å². The van der Waals surface area contributed by atoms with Gasteiger partial charge in [0.2, 0.25) is 0 Å². The molecule has 3 N–H and O–H groups in total. The highest BCUT2D eigenvalue weighted by molar-refractivity contribution is 5.83. The summed E-state index contributed by atoms with van der Waals surface area (Å²) in [6.45, 7) is 1.15. The zero-order chi connectivity index (χ0) is 15.2. The first kappa shape index (κ1) is 14.2. The molecule has 2 amide bonds. The number of amides is 2. The Morgan fingerprint density at radius 3 is 2.59 bits per heavy atom. The lowest BCUT2D eigenvalue weighted by atomic mass is 10.1. The first-order valence-electron chi connectivity index (χ1n) is 7.43. The molecule has 0 aliphatic carbocycles. The van der Waals surface area contributed by atoms with E-state index in [0.717, 1.165) is 17.5 Å². The summed E-state index contributed by atoms with van der Waals surface area (Å²) in [6.07, 6.45) is 2.82. The smallest absolute Gasteiger partial charge is 0.315 e. The number of H-pyrrole nitrogens is 1. The maximum absolute atomic E-state index is 11.8. The minimum absolute atomic E-state index is 0.135. The van der Waals surface area contributed by atoms with Crippen molar-refractivity contribution in [2.24, 2.45) is 0 Å². The van der Waals surface area contributed by atoms with Gasteiger partial charge >= 0.3 is 6.03 Å². The Morgan fingerprint density at radius 2 is 1.73 bits per heavy atom. The van der Waals surface area contributed by atoms with Gasteiger partial charge in [-0.3, -0.25) is 0 Å². The molecule has 0 saturated heterocycles. The monoisotopic (exact) mass is 293 g/mol. The molecule has 0 fully saturated rings. The summed E-state index contributed by atoms with van der Waals surface area (Å²) in [5.41, 5.74) is 3.44. The topological polar surface area (TPSA) is 56.9 Å². The van der Waals surface area contributed by atoms with Crippen molar-refractivity contribution >= 4 is 16.9 Å². The maximum Gasteiger partial charge on any atom is 0.315 e. The number of urea groups is 1. The van der Waals surface area contributed by atoms with Gasteiger partial charge in [0, 0.05) is 30.2 Å². The van der Waals surface area contributed by atoms with Crippen molar-refractivity contribution in [1.29, 1.82) is 0 Å². The number of carbonyl (C=O) groups excluding carboxylic acids is 1. The zero-order valence-corrected chi connectivity index (χ0v) is 12.3. The van der Waals surface area contributed by atoms with Crippen molar-refractivity contribution in [3.63, 3.8) is 0 Å². The molecule has 0 aliphatic heterocycles. The maximum atomic E-state index is 11.8. The van der Waals surface area contributed by atoms with Crippen LogP contribution in [0.25, 0.3) is 10.9 Å². The van der Waals surface area contributed by atoms with Gasteiger partial charge in [-0.15, -0.1) is 0 Å². The molecule has 1 heterocycles. The van der Waals surface area contributed by atoms with E-state index in [9.17, 15) is 4.79 Å². The van der Waals surface area contributed by atoms with Crippen LogP contribution in [0.3, 0.4) is 0 Å². The molecule has 0 atom stereocenters. The third-order valence-corrected chi connectivity index (χ3v) is 3.65. The van der Waals surface area contributed by atoms with Crippen LogP contribution < -0.4 is 10.6 Å². The molecule has 1 aromatic heterocycles. The van der Waals surface area contributed by atoms with E-state index in [-0.39, 0.29) is 6.03 Å². The van der Waals surface area contributed by atoms with E-state index in [0.29, 0.717) is 13.1 Å². The largest absolute Gasteiger partial charge is 0.361 e. The average Bonchev–Trinajstić information content (AvgIpc) is 2.97. The average molecular weight is 293 g/mol. The van der Waals surface area contributed by atoms with Crippen LogP contribution in [0.1, 0.15) is 11.1 Å². The Hall–Kier alpha value is -2.75. The molecule has 4 heteroatoms. The molecular formula is C18H19N3O. The highest BCUT2D eigenvalue weighted by Gasteiger charge is 2.04. The molecule has 0 spiro atoms. The molecule has 0 aliphatic rings. The van der Waals surface area contributed by atoms with Gasteiger partial charge in [-0.1, -0.05) is 48.5 Å². The van der Waals surface area contributed by atoms with Crippen LogP contribution in [-0.2, 0) is 13.0 Å². The van der Waals surface area contributed by atoms with Gasteiger partial charge in [0.05, 0.1) is 0 Å². The second-order valence-electron chi connectivity index (χ2n) is 5.20. The van der Waals surface area contributed by atoms with Crippen LogP contribution in [0.5, 0.6) is 0 Å². The number of hydrogen-bond acceptors (Lipinski definition) is 1. The molecule has 4 nitrogen and oxygen atoms in total. The van der Waals surface area contributed by atoms with E-state index in [2.05, 4.69) is 27.8 Å². The van der Waals surface area contributed by atoms with Crippen molar-refractivity contribution in [2.75, 3.05) is 6.54 Å². The molecule has 3 rings (SSSR count). The SMILES string of the molecule is O=C(NCCc1c[nH]c2ccccc12)NCc1ccccc1. The first-order chi connectivity index (χ1) is 10.8. The van der Waals surface area contributed by atoms with Crippen molar-refractivity contribution in [2.45, 2.75) is 13.0 Å². The van der Waals surface area contributed by atoms with Gasteiger partial charge in [-0.2, -0.15) is 0 Å². The Kier molecular flexibility index (Phi) is 4.39. The lowest BCUT2D eigenvalue weighted by molar-refractivity contribution is 0.240. The minimum atomic E-state index is -0.135. The van der Waals surface area contributed by atoms with Crippen LogP contribution in [0, 0.1) is 0 Å². The van der Waals surface area contributed by atoms with Crippen LogP contribution in [-0.4, -0.2) is 17.6 Å². The number of rotatable bonds is 5. The Bertz CT molecular complexity index is 749. The fraction of sp³-hybridized carbons (Fsp3) is 0.167. The number of fused-ring (bicyclic) bond motifs is 1. The van der Waals surface area contributed by atoms with Crippen molar-refractivity contribution in [3.05, 3.63) is 71.9 Å². The van der Waals surface area contributed by atoms with Gasteiger partial charge in [0.25, 0.3) is 0 Å². The molecule has 3 aromatic rings. The number of hydrogen-bond donors (Lipinski definition) is 3. The Labute approximate surface area is 129 Å². The Morgan fingerprint density at radius 1 is 0.955 bits per heavy atom. The number of carbonyl (C=O) groups is 1. The summed E-state index contributed by atoms with van der Waals surface area (Å²) in [5, 5.41) is 6.97. The first-order valence-corrected chi connectivity index (χ1v) is 7.43. The molecule has 2 aromatic carbocycles. The van der Waals surface area contributed by atoms with Crippen LogP contribution in [0.15, 0.2) is 60.8 Å². The summed E-state index contributed by atoms with van der Waals surface area (Å²) >= 11 is 0. The second-order valence-corrected chi connectivity index (χ2v) is 5.20. The lowest BCUT2D eigenvalue weighted by Crippen LogP contribution is -2.36. The molecule has 0 radical (unpaired) electrons. The van der Waals surface area contributed by atoms with E-state index in [4.69, 9.17) is 0 Å². The van der Waals surface area contributed by atoms with Crippen molar-refractivity contribution in [1.82, 2.24) is 15.6 Å². The molecule has 22 heavy (non-hydrogen) atoms. The van der Waals surface area contributed by atoms with E-state index < -0.39 is 0 Å². The number of aromatic nitrogens is 1. The predicted octanol–water partition coefficient (Wildman–Crippen LogP) is 3.21. The van der Waals surface area contributed by atoms with Crippen LogP contribution in [0.4, 0.5) is 4.79 Å². The van der Waals surface area contributed by atoms with E-state index in [1.165, 1.54) is 10.9 Å². The summed E-state index contributed by atoms with van der Waals surface area (Å²) < 4.78 is 0. The fourth-order valence-electron chi connectivity index (χ4n) is 2.49. The van der Waals surface area contributed by atoms with Crippen molar-refractivity contribution < 1.29 is 4.79 Å². The molecule has 0 saturated carbocycles. The van der Waals surface area contributed by atoms with E-state index in [1.54, 1.807) is 0 Å². The van der Waals surface area contributed by atoms with Crippen LogP contribution >= 0.6 is 0 Å². The number of para-hydroxylation sites is 1. The van der Waals surface area contributed by atoms with Gasteiger partial charge in [0.15, 0.2) is 0 Å². The Balaban J connectivity index is 1.45. The second kappa shape index (κ2) is 6.80. The molecule has 0 bridgehead atoms. The van der Waals surface area contributed by atoms with Gasteiger partial charge in [-0.25, -0.2) is 4.79 Å². The van der Waals surface area contributed by atoms with Gasteiger partial charge < -0.3 is 15.6 Å².